The van der Waals surface area contributed by atoms with Crippen molar-refractivity contribution in [1.29, 1.82) is 0 Å². The molecule has 0 saturated heterocycles. The standard InChI is InChI=1S/C8H11ClFN3/c1-13(5-12-11)8-4-6(9)2-3-7(8)10/h2-4,12H,5,11H2,1H3. The van der Waals surface area contributed by atoms with E-state index in [1.54, 1.807) is 18.0 Å². The maximum absolute atomic E-state index is 13.2. The molecule has 3 N–H and O–H groups in total. The van der Waals surface area contributed by atoms with Gasteiger partial charge in [0.1, 0.15) is 5.82 Å². The van der Waals surface area contributed by atoms with Gasteiger partial charge in [-0.2, -0.15) is 0 Å². The summed E-state index contributed by atoms with van der Waals surface area (Å²) in [6.45, 7) is 0.358. The Hall–Kier alpha value is -0.840. The molecule has 0 aliphatic carbocycles. The highest BCUT2D eigenvalue weighted by molar-refractivity contribution is 6.30. The minimum absolute atomic E-state index is 0.317. The largest absolute Gasteiger partial charge is 0.358 e. The molecule has 72 valence electrons. The van der Waals surface area contributed by atoms with Crippen molar-refractivity contribution in [2.45, 2.75) is 0 Å². The highest BCUT2D eigenvalue weighted by Crippen LogP contribution is 2.21. The second kappa shape index (κ2) is 4.41. The van der Waals surface area contributed by atoms with Crippen molar-refractivity contribution >= 4 is 17.3 Å². The van der Waals surface area contributed by atoms with Crippen LogP contribution in [0.2, 0.25) is 5.02 Å². The summed E-state index contributed by atoms with van der Waals surface area (Å²) in [6, 6.07) is 4.38. The number of hydrogen-bond donors (Lipinski definition) is 2. The highest BCUT2D eigenvalue weighted by Gasteiger charge is 2.06. The number of rotatable bonds is 3. The van der Waals surface area contributed by atoms with Crippen molar-refractivity contribution in [2.75, 3.05) is 18.6 Å². The van der Waals surface area contributed by atoms with E-state index in [1.165, 1.54) is 12.1 Å². The Bertz CT molecular complexity index is 293. The van der Waals surface area contributed by atoms with Crippen LogP contribution in [0, 0.1) is 5.82 Å². The number of halogens is 2. The monoisotopic (exact) mass is 203 g/mol. The molecule has 1 aromatic carbocycles. The van der Waals surface area contributed by atoms with Gasteiger partial charge in [0, 0.05) is 12.1 Å². The Morgan fingerprint density at radius 1 is 1.62 bits per heavy atom. The zero-order valence-electron chi connectivity index (χ0n) is 7.22. The lowest BCUT2D eigenvalue weighted by Gasteiger charge is -2.19. The molecule has 3 nitrogen and oxygen atoms in total. The summed E-state index contributed by atoms with van der Waals surface area (Å²) in [6.07, 6.45) is 0. The molecule has 0 amide bonds. The first kappa shape index (κ1) is 10.2. The molecule has 0 unspecified atom stereocenters. The van der Waals surface area contributed by atoms with Gasteiger partial charge in [0.2, 0.25) is 0 Å². The SMILES string of the molecule is CN(CNN)c1cc(Cl)ccc1F. The normalized spacial score (nSPS) is 10.2. The number of hydrazine groups is 1. The zero-order chi connectivity index (χ0) is 9.84. The van der Waals surface area contributed by atoms with Gasteiger partial charge in [0.15, 0.2) is 0 Å². The first-order valence-electron chi connectivity index (χ1n) is 3.75. The topological polar surface area (TPSA) is 41.3 Å². The summed E-state index contributed by atoms with van der Waals surface area (Å²) >= 11 is 5.72. The third-order valence-electron chi connectivity index (χ3n) is 1.65. The van der Waals surface area contributed by atoms with Crippen molar-refractivity contribution in [2.24, 2.45) is 5.84 Å². The lowest BCUT2D eigenvalue weighted by atomic mass is 10.3. The molecule has 13 heavy (non-hydrogen) atoms. The van der Waals surface area contributed by atoms with Crippen LogP contribution in [0.1, 0.15) is 0 Å². The predicted molar refractivity (Wildman–Crippen MR) is 52.0 cm³/mol. The van der Waals surface area contributed by atoms with E-state index in [4.69, 9.17) is 17.4 Å². The fourth-order valence-electron chi connectivity index (χ4n) is 1.00. The van der Waals surface area contributed by atoms with E-state index in [9.17, 15) is 4.39 Å². The number of benzene rings is 1. The lowest BCUT2D eigenvalue weighted by molar-refractivity contribution is 0.615. The zero-order valence-corrected chi connectivity index (χ0v) is 7.98. The average Bonchev–Trinajstić information content (AvgIpc) is 2.09. The van der Waals surface area contributed by atoms with E-state index < -0.39 is 0 Å². The van der Waals surface area contributed by atoms with Gasteiger partial charge in [-0.1, -0.05) is 11.6 Å². The average molecular weight is 204 g/mol. The summed E-state index contributed by atoms with van der Waals surface area (Å²) in [4.78, 5) is 1.63. The van der Waals surface area contributed by atoms with Crippen LogP contribution in [0.3, 0.4) is 0 Å². The number of anilines is 1. The summed E-state index contributed by atoms with van der Waals surface area (Å²) < 4.78 is 13.2. The van der Waals surface area contributed by atoms with E-state index in [1.807, 2.05) is 0 Å². The van der Waals surface area contributed by atoms with Crippen LogP contribution in [0.15, 0.2) is 18.2 Å². The van der Waals surface area contributed by atoms with Gasteiger partial charge < -0.3 is 4.90 Å². The van der Waals surface area contributed by atoms with Crippen molar-refractivity contribution < 1.29 is 4.39 Å². The molecular formula is C8H11ClFN3. The maximum Gasteiger partial charge on any atom is 0.146 e. The minimum atomic E-state index is -0.317. The molecule has 0 aliphatic heterocycles. The number of nitrogens with one attached hydrogen (secondary N) is 1. The number of nitrogens with zero attached hydrogens (tertiary/aromatic N) is 1. The molecular weight excluding hydrogens is 193 g/mol. The molecule has 0 aliphatic rings. The molecule has 0 fully saturated rings. The van der Waals surface area contributed by atoms with Gasteiger partial charge >= 0.3 is 0 Å². The molecule has 0 aromatic heterocycles. The first-order valence-corrected chi connectivity index (χ1v) is 4.12. The molecule has 0 radical (unpaired) electrons. The van der Waals surface area contributed by atoms with Gasteiger partial charge in [0.25, 0.3) is 0 Å². The van der Waals surface area contributed by atoms with E-state index >= 15 is 0 Å². The Labute approximate surface area is 81.2 Å². The van der Waals surface area contributed by atoms with Crippen molar-refractivity contribution in [3.63, 3.8) is 0 Å². The van der Waals surface area contributed by atoms with E-state index in [-0.39, 0.29) is 5.82 Å². The van der Waals surface area contributed by atoms with Gasteiger partial charge in [-0.15, -0.1) is 0 Å². The van der Waals surface area contributed by atoms with Crippen molar-refractivity contribution in [3.05, 3.63) is 29.0 Å². The Balaban J connectivity index is 2.91. The quantitative estimate of drug-likeness (QED) is 0.443. The van der Waals surface area contributed by atoms with Crippen LogP contribution in [-0.4, -0.2) is 13.7 Å². The summed E-state index contributed by atoms with van der Waals surface area (Å²) in [5.41, 5.74) is 2.85. The van der Waals surface area contributed by atoms with Crippen LogP contribution in [0.5, 0.6) is 0 Å². The smallest absolute Gasteiger partial charge is 0.146 e. The van der Waals surface area contributed by atoms with Crippen molar-refractivity contribution in [1.82, 2.24) is 5.43 Å². The minimum Gasteiger partial charge on any atom is -0.358 e. The molecule has 0 heterocycles. The van der Waals surface area contributed by atoms with Crippen LogP contribution < -0.4 is 16.2 Å². The molecule has 1 aromatic rings. The molecule has 5 heteroatoms. The maximum atomic E-state index is 13.2. The molecule has 0 atom stereocenters. The third kappa shape index (κ3) is 2.55. The van der Waals surface area contributed by atoms with Crippen LogP contribution >= 0.6 is 11.6 Å². The van der Waals surface area contributed by atoms with Crippen LogP contribution in [-0.2, 0) is 0 Å². The molecule has 0 bridgehead atoms. The predicted octanol–water partition coefficient (Wildman–Crippen LogP) is 1.34. The summed E-state index contributed by atoms with van der Waals surface area (Å²) in [5, 5.41) is 0.500. The van der Waals surface area contributed by atoms with Gasteiger partial charge in [0.05, 0.1) is 12.4 Å². The highest BCUT2D eigenvalue weighted by atomic mass is 35.5. The van der Waals surface area contributed by atoms with Crippen molar-refractivity contribution in [3.8, 4) is 0 Å². The molecule has 0 saturated carbocycles. The Morgan fingerprint density at radius 2 is 2.31 bits per heavy atom. The first-order chi connectivity index (χ1) is 6.15. The summed E-state index contributed by atoms with van der Waals surface area (Å²) in [7, 11) is 1.72. The second-order valence-corrected chi connectivity index (χ2v) is 3.09. The van der Waals surface area contributed by atoms with Crippen LogP contribution in [0.4, 0.5) is 10.1 Å². The van der Waals surface area contributed by atoms with E-state index in [2.05, 4.69) is 5.43 Å². The molecule has 0 spiro atoms. The molecule has 1 rings (SSSR count). The number of hydrogen-bond acceptors (Lipinski definition) is 3. The van der Waals surface area contributed by atoms with E-state index in [0.29, 0.717) is 17.4 Å². The second-order valence-electron chi connectivity index (χ2n) is 2.66. The van der Waals surface area contributed by atoms with Crippen LogP contribution in [0.25, 0.3) is 0 Å². The van der Waals surface area contributed by atoms with Gasteiger partial charge in [-0.05, 0) is 18.2 Å². The fourth-order valence-corrected chi connectivity index (χ4v) is 1.17. The Kier molecular flexibility index (Phi) is 3.48. The van der Waals surface area contributed by atoms with Gasteiger partial charge in [-0.3, -0.25) is 5.84 Å². The fraction of sp³-hybridized carbons (Fsp3) is 0.250. The lowest BCUT2D eigenvalue weighted by Crippen LogP contribution is -2.35. The van der Waals surface area contributed by atoms with Gasteiger partial charge in [-0.25, -0.2) is 9.82 Å². The summed E-state index contributed by atoms with van der Waals surface area (Å²) in [5.74, 6) is 4.79. The third-order valence-corrected chi connectivity index (χ3v) is 1.88. The number of nitrogens with two attached hydrogens (primary N) is 1. The Morgan fingerprint density at radius 3 is 2.92 bits per heavy atom. The van der Waals surface area contributed by atoms with E-state index in [0.717, 1.165) is 0 Å².